The molecule has 0 spiro atoms. The van der Waals surface area contributed by atoms with Gasteiger partial charge in [0.05, 0.1) is 11.9 Å². The number of phenolic OH excluding ortho intramolecular Hbond substituents is 1. The maximum absolute atomic E-state index is 14.7. The third-order valence-corrected chi connectivity index (χ3v) is 6.93. The van der Waals surface area contributed by atoms with Crippen LogP contribution in [0.15, 0.2) is 36.7 Å². The molecule has 5 rings (SSSR count). The van der Waals surface area contributed by atoms with E-state index in [1.54, 1.807) is 12.3 Å². The Kier molecular flexibility index (Phi) is 4.51. The van der Waals surface area contributed by atoms with Gasteiger partial charge in [-0.2, -0.15) is 5.10 Å². The Morgan fingerprint density at radius 2 is 1.84 bits per heavy atom. The molecule has 0 amide bonds. The number of aromatic nitrogens is 4. The normalized spacial score (nSPS) is 27.4. The van der Waals surface area contributed by atoms with Crippen molar-refractivity contribution in [3.63, 3.8) is 0 Å². The summed E-state index contributed by atoms with van der Waals surface area (Å²) in [7, 11) is 2.06. The number of halogens is 1. The van der Waals surface area contributed by atoms with Crippen LogP contribution in [-0.4, -0.2) is 49.7 Å². The van der Waals surface area contributed by atoms with Gasteiger partial charge in [-0.3, -0.25) is 5.10 Å². The van der Waals surface area contributed by atoms with Crippen molar-refractivity contribution in [3.8, 4) is 28.1 Å². The Labute approximate surface area is 180 Å². The van der Waals surface area contributed by atoms with Crippen molar-refractivity contribution in [3.05, 3.63) is 42.5 Å². The van der Waals surface area contributed by atoms with Crippen LogP contribution in [0.2, 0.25) is 0 Å². The first-order valence-corrected chi connectivity index (χ1v) is 10.6. The number of fused-ring (bicyclic) bond motifs is 2. The number of benzene rings is 1. The average Bonchev–Trinajstić information content (AvgIpc) is 3.34. The fourth-order valence-corrected chi connectivity index (χ4v) is 5.33. The number of aromatic hydroxyl groups is 1. The van der Waals surface area contributed by atoms with Gasteiger partial charge in [-0.1, -0.05) is 0 Å². The van der Waals surface area contributed by atoms with Gasteiger partial charge < -0.3 is 15.3 Å². The number of rotatable bonds is 4. The van der Waals surface area contributed by atoms with Crippen LogP contribution in [0.5, 0.6) is 5.75 Å². The zero-order valence-electron chi connectivity index (χ0n) is 18.0. The second kappa shape index (κ2) is 7.02. The van der Waals surface area contributed by atoms with Crippen LogP contribution < -0.4 is 10.2 Å². The largest absolute Gasteiger partial charge is 0.507 e. The summed E-state index contributed by atoms with van der Waals surface area (Å²) in [5.74, 6) is 0.268. The molecule has 4 heterocycles. The number of nitrogens with zero attached hydrogens (tertiary/aromatic N) is 4. The molecule has 2 bridgehead atoms. The average molecular weight is 423 g/mol. The van der Waals surface area contributed by atoms with Gasteiger partial charge in [0, 0.05) is 47.1 Å². The summed E-state index contributed by atoms with van der Waals surface area (Å²) in [6.07, 6.45) is 7.59. The van der Waals surface area contributed by atoms with Crippen LogP contribution in [0.4, 0.5) is 10.2 Å². The second-order valence-corrected chi connectivity index (χ2v) is 9.53. The molecule has 2 saturated heterocycles. The zero-order chi connectivity index (χ0) is 21.8. The molecule has 2 aliphatic heterocycles. The van der Waals surface area contributed by atoms with Crippen molar-refractivity contribution in [2.45, 2.75) is 56.7 Å². The Morgan fingerprint density at radius 1 is 1.10 bits per heavy atom. The number of piperidine rings is 1. The van der Waals surface area contributed by atoms with E-state index in [4.69, 9.17) is 0 Å². The Balaban J connectivity index is 1.39. The van der Waals surface area contributed by atoms with Crippen LogP contribution in [0.25, 0.3) is 22.4 Å². The van der Waals surface area contributed by atoms with E-state index in [2.05, 4.69) is 51.5 Å². The van der Waals surface area contributed by atoms with E-state index in [-0.39, 0.29) is 22.4 Å². The van der Waals surface area contributed by atoms with Gasteiger partial charge in [0.2, 0.25) is 0 Å². The lowest BCUT2D eigenvalue weighted by Crippen LogP contribution is -2.58. The van der Waals surface area contributed by atoms with Crippen molar-refractivity contribution in [1.29, 1.82) is 0 Å². The number of nitrogens with one attached hydrogen (secondary N) is 2. The smallest absolute Gasteiger partial charge is 0.151 e. The molecule has 7 nitrogen and oxygen atoms in total. The summed E-state index contributed by atoms with van der Waals surface area (Å²) in [6.45, 7) is 4.61. The van der Waals surface area contributed by atoms with E-state index in [1.807, 2.05) is 6.07 Å². The molecule has 0 saturated carbocycles. The number of hydrogen-bond donors (Lipinski definition) is 3. The maximum Gasteiger partial charge on any atom is 0.151 e. The number of H-pyrrole nitrogens is 1. The molecule has 2 aromatic heterocycles. The Bertz CT molecular complexity index is 1080. The minimum atomic E-state index is -0.455. The van der Waals surface area contributed by atoms with E-state index >= 15 is 0 Å². The number of aromatic amines is 1. The predicted molar refractivity (Wildman–Crippen MR) is 117 cm³/mol. The predicted octanol–water partition coefficient (Wildman–Crippen LogP) is 3.88. The maximum atomic E-state index is 14.7. The lowest BCUT2D eigenvalue weighted by atomic mass is 9.84. The van der Waals surface area contributed by atoms with Crippen LogP contribution in [0.3, 0.4) is 0 Å². The molecule has 1 aromatic carbocycles. The highest BCUT2D eigenvalue weighted by Gasteiger charge is 2.49. The van der Waals surface area contributed by atoms with E-state index < -0.39 is 5.82 Å². The highest BCUT2D eigenvalue weighted by Crippen LogP contribution is 2.44. The van der Waals surface area contributed by atoms with Crippen molar-refractivity contribution in [2.24, 2.45) is 0 Å². The lowest BCUT2D eigenvalue weighted by molar-refractivity contribution is 0.207. The first-order valence-electron chi connectivity index (χ1n) is 10.6. The van der Waals surface area contributed by atoms with Crippen molar-refractivity contribution in [2.75, 3.05) is 11.9 Å². The van der Waals surface area contributed by atoms with Gasteiger partial charge in [-0.15, -0.1) is 10.2 Å². The van der Waals surface area contributed by atoms with Crippen LogP contribution in [-0.2, 0) is 0 Å². The molecule has 3 aromatic rings. The van der Waals surface area contributed by atoms with E-state index in [0.717, 1.165) is 18.7 Å². The highest BCUT2D eigenvalue weighted by molar-refractivity contribution is 5.74. The van der Waals surface area contributed by atoms with Crippen molar-refractivity contribution in [1.82, 2.24) is 25.7 Å². The molecule has 2 aliphatic rings. The zero-order valence-corrected chi connectivity index (χ0v) is 18.0. The van der Waals surface area contributed by atoms with Crippen LogP contribution >= 0.6 is 0 Å². The second-order valence-electron chi connectivity index (χ2n) is 9.53. The van der Waals surface area contributed by atoms with Gasteiger partial charge >= 0.3 is 0 Å². The Hall–Kier alpha value is -3.00. The van der Waals surface area contributed by atoms with E-state index in [0.29, 0.717) is 22.9 Å². The topological polar surface area (TPSA) is 90.0 Å². The molecule has 0 radical (unpaired) electrons. The fourth-order valence-electron chi connectivity index (χ4n) is 5.33. The van der Waals surface area contributed by atoms with Gasteiger partial charge in [0.25, 0.3) is 0 Å². The third-order valence-electron chi connectivity index (χ3n) is 6.93. The fraction of sp³-hybridized carbons (Fsp3) is 0.435. The summed E-state index contributed by atoms with van der Waals surface area (Å²) in [5, 5.41) is 29.5. The third kappa shape index (κ3) is 3.54. The molecule has 31 heavy (non-hydrogen) atoms. The lowest BCUT2D eigenvalue weighted by Gasteiger charge is -2.45. The molecular weight excluding hydrogens is 395 g/mol. The standard InChI is InChI=1S/C23H27FN6O/c1-22-6-7-23(2,29-22)11-15(10-22)30(3)21-5-4-19(27-28-21)17-8-18(24)16(9-20(17)31)14-12-25-26-13-14/h4-5,8-9,12-13,15,29,31H,6-7,10-11H2,1-3H3,(H,25,26)/t15?,22-,23+. The molecule has 3 N–H and O–H groups in total. The molecule has 2 fully saturated rings. The van der Waals surface area contributed by atoms with E-state index in [1.165, 1.54) is 31.2 Å². The molecule has 0 aliphatic carbocycles. The summed E-state index contributed by atoms with van der Waals surface area (Å²) in [6, 6.07) is 6.72. The Morgan fingerprint density at radius 3 is 2.45 bits per heavy atom. The monoisotopic (exact) mass is 422 g/mol. The van der Waals surface area contributed by atoms with Crippen LogP contribution in [0, 0.1) is 5.82 Å². The molecular formula is C23H27FN6O. The molecule has 8 heteroatoms. The van der Waals surface area contributed by atoms with Crippen molar-refractivity contribution >= 4 is 5.82 Å². The summed E-state index contributed by atoms with van der Waals surface area (Å²) >= 11 is 0. The number of anilines is 1. The van der Waals surface area contributed by atoms with Gasteiger partial charge in [-0.25, -0.2) is 4.39 Å². The highest BCUT2D eigenvalue weighted by atomic mass is 19.1. The van der Waals surface area contributed by atoms with E-state index in [9.17, 15) is 9.50 Å². The van der Waals surface area contributed by atoms with Gasteiger partial charge in [-0.05, 0) is 63.8 Å². The molecule has 3 atom stereocenters. The van der Waals surface area contributed by atoms with Gasteiger partial charge in [0.1, 0.15) is 11.6 Å². The minimum Gasteiger partial charge on any atom is -0.507 e. The number of phenols is 1. The minimum absolute atomic E-state index is 0.0521. The first-order chi connectivity index (χ1) is 14.8. The quantitative estimate of drug-likeness (QED) is 0.591. The van der Waals surface area contributed by atoms with Crippen LogP contribution in [0.1, 0.15) is 39.5 Å². The molecule has 162 valence electrons. The molecule has 1 unspecified atom stereocenters. The first kappa shape index (κ1) is 19.9. The number of hydrogen-bond acceptors (Lipinski definition) is 6. The summed E-state index contributed by atoms with van der Waals surface area (Å²) in [5.41, 5.74) is 1.92. The summed E-state index contributed by atoms with van der Waals surface area (Å²) < 4.78 is 14.7. The summed E-state index contributed by atoms with van der Waals surface area (Å²) in [4.78, 5) is 2.20. The van der Waals surface area contributed by atoms with Gasteiger partial charge in [0.15, 0.2) is 5.82 Å². The van der Waals surface area contributed by atoms with Crippen molar-refractivity contribution < 1.29 is 9.50 Å². The SMILES string of the molecule is CN(c1ccc(-c2cc(F)c(-c3cn[nH]c3)cc2O)nn1)C1C[C@]2(C)CC[C@](C)(C1)N2.